The molecule has 26 heavy (non-hydrogen) atoms. The molecule has 7 heteroatoms. The van der Waals surface area contributed by atoms with Crippen LogP contribution in [0, 0.1) is 5.92 Å². The van der Waals surface area contributed by atoms with Crippen LogP contribution in [-0.2, 0) is 9.59 Å². The molecule has 4 nitrogen and oxygen atoms in total. The maximum Gasteiger partial charge on any atom is 0.237 e. The molecule has 1 fully saturated rings. The molecule has 1 saturated carbocycles. The summed E-state index contributed by atoms with van der Waals surface area (Å²) >= 11 is 13.5. The third kappa shape index (κ3) is 4.93. The molecule has 1 aliphatic rings. The molecule has 1 atom stereocenters. The largest absolute Gasteiger partial charge is 0.326 e. The molecule has 0 bridgehead atoms. The van der Waals surface area contributed by atoms with Crippen LogP contribution in [0.15, 0.2) is 47.4 Å². The zero-order chi connectivity index (χ0) is 18.7. The Morgan fingerprint density at radius 2 is 1.85 bits per heavy atom. The predicted molar refractivity (Wildman–Crippen MR) is 108 cm³/mol. The molecule has 2 N–H and O–H groups in total. The third-order valence-electron chi connectivity index (χ3n) is 3.94. The summed E-state index contributed by atoms with van der Waals surface area (Å²) in [4.78, 5) is 25.2. The molecule has 1 aliphatic carbocycles. The fourth-order valence-corrected chi connectivity index (χ4v) is 3.60. The van der Waals surface area contributed by atoms with Crippen molar-refractivity contribution in [1.29, 1.82) is 0 Å². The highest BCUT2D eigenvalue weighted by atomic mass is 35.5. The molecular formula is C19H18Cl2N2O2S. The van der Waals surface area contributed by atoms with E-state index < -0.39 is 0 Å². The van der Waals surface area contributed by atoms with E-state index in [0.29, 0.717) is 15.7 Å². The minimum absolute atomic E-state index is 0.0635. The lowest BCUT2D eigenvalue weighted by molar-refractivity contribution is -0.117. The van der Waals surface area contributed by atoms with Crippen molar-refractivity contribution in [2.24, 2.45) is 5.92 Å². The van der Waals surface area contributed by atoms with Crippen LogP contribution in [0.1, 0.15) is 19.8 Å². The van der Waals surface area contributed by atoms with E-state index in [0.717, 1.165) is 23.4 Å². The number of hydrogen-bond donors (Lipinski definition) is 2. The Morgan fingerprint density at radius 3 is 2.58 bits per heavy atom. The first-order chi connectivity index (χ1) is 12.4. The van der Waals surface area contributed by atoms with Gasteiger partial charge >= 0.3 is 0 Å². The van der Waals surface area contributed by atoms with Gasteiger partial charge in [-0.25, -0.2) is 0 Å². The van der Waals surface area contributed by atoms with E-state index in [1.54, 1.807) is 18.2 Å². The van der Waals surface area contributed by atoms with Gasteiger partial charge in [-0.15, -0.1) is 11.8 Å². The Balaban J connectivity index is 1.61. The van der Waals surface area contributed by atoms with E-state index >= 15 is 0 Å². The molecular weight excluding hydrogens is 391 g/mol. The number of hydrogen-bond acceptors (Lipinski definition) is 3. The summed E-state index contributed by atoms with van der Waals surface area (Å²) in [6.45, 7) is 1.81. The van der Waals surface area contributed by atoms with Gasteiger partial charge in [-0.1, -0.05) is 35.3 Å². The number of carbonyl (C=O) groups is 2. The number of halogens is 2. The van der Waals surface area contributed by atoms with Crippen molar-refractivity contribution in [3.63, 3.8) is 0 Å². The zero-order valence-corrected chi connectivity index (χ0v) is 16.4. The van der Waals surface area contributed by atoms with Crippen LogP contribution in [0.5, 0.6) is 0 Å². The van der Waals surface area contributed by atoms with Crippen LogP contribution < -0.4 is 10.6 Å². The van der Waals surface area contributed by atoms with Gasteiger partial charge in [0.05, 0.1) is 21.0 Å². The first-order valence-corrected chi connectivity index (χ1v) is 9.90. The van der Waals surface area contributed by atoms with Gasteiger partial charge in [-0.2, -0.15) is 0 Å². The van der Waals surface area contributed by atoms with E-state index in [9.17, 15) is 9.59 Å². The fraction of sp³-hybridized carbons (Fsp3) is 0.263. The summed E-state index contributed by atoms with van der Waals surface area (Å²) in [5.41, 5.74) is 1.24. The quantitative estimate of drug-likeness (QED) is 0.623. The lowest BCUT2D eigenvalue weighted by atomic mass is 10.3. The number of carbonyl (C=O) groups excluding carboxylic acids is 2. The third-order valence-corrected chi connectivity index (χ3v) is 5.85. The average molecular weight is 409 g/mol. The Labute approximate surface area is 166 Å². The molecule has 0 aromatic heterocycles. The maximum atomic E-state index is 12.4. The zero-order valence-electron chi connectivity index (χ0n) is 14.1. The summed E-state index contributed by atoms with van der Waals surface area (Å²) in [7, 11) is 0. The summed E-state index contributed by atoms with van der Waals surface area (Å²) in [5.74, 6) is 0.0404. The molecule has 0 heterocycles. The van der Waals surface area contributed by atoms with Gasteiger partial charge in [0, 0.05) is 16.5 Å². The first-order valence-electron chi connectivity index (χ1n) is 8.26. The molecule has 2 amide bonds. The predicted octanol–water partition coefficient (Wildman–Crippen LogP) is 5.46. The molecule has 0 aliphatic heterocycles. The van der Waals surface area contributed by atoms with E-state index in [4.69, 9.17) is 23.2 Å². The number of benzene rings is 2. The van der Waals surface area contributed by atoms with Crippen molar-refractivity contribution < 1.29 is 9.59 Å². The molecule has 0 radical (unpaired) electrons. The minimum Gasteiger partial charge on any atom is -0.326 e. The second-order valence-electron chi connectivity index (χ2n) is 6.14. The van der Waals surface area contributed by atoms with Crippen molar-refractivity contribution in [3.8, 4) is 0 Å². The summed E-state index contributed by atoms with van der Waals surface area (Å²) in [5, 5.41) is 6.08. The number of nitrogens with one attached hydrogen (secondary N) is 2. The minimum atomic E-state index is -0.348. The van der Waals surface area contributed by atoms with E-state index in [1.165, 1.54) is 11.8 Å². The van der Waals surface area contributed by atoms with Gasteiger partial charge in [-0.05, 0) is 50.1 Å². The van der Waals surface area contributed by atoms with E-state index in [2.05, 4.69) is 10.6 Å². The smallest absolute Gasteiger partial charge is 0.237 e. The molecule has 0 spiro atoms. The monoisotopic (exact) mass is 408 g/mol. The molecule has 136 valence electrons. The van der Waals surface area contributed by atoms with Crippen LogP contribution in [0.4, 0.5) is 11.4 Å². The number of rotatable bonds is 6. The second-order valence-corrected chi connectivity index (χ2v) is 8.34. The molecule has 3 rings (SSSR count). The van der Waals surface area contributed by atoms with Crippen LogP contribution >= 0.6 is 35.0 Å². The van der Waals surface area contributed by atoms with E-state index in [1.807, 2.05) is 31.2 Å². The molecule has 2 aromatic carbocycles. The highest BCUT2D eigenvalue weighted by Gasteiger charge is 2.29. The van der Waals surface area contributed by atoms with Crippen LogP contribution in [0.3, 0.4) is 0 Å². The fourth-order valence-electron chi connectivity index (χ4n) is 2.33. The number of anilines is 2. The van der Waals surface area contributed by atoms with Crippen LogP contribution in [-0.4, -0.2) is 17.1 Å². The lowest BCUT2D eigenvalue weighted by Crippen LogP contribution is -2.22. The van der Waals surface area contributed by atoms with Crippen molar-refractivity contribution in [3.05, 3.63) is 52.5 Å². The second kappa shape index (κ2) is 8.33. The van der Waals surface area contributed by atoms with Crippen molar-refractivity contribution >= 4 is 58.2 Å². The van der Waals surface area contributed by atoms with E-state index in [-0.39, 0.29) is 23.0 Å². The highest BCUT2D eigenvalue weighted by Crippen LogP contribution is 2.32. The van der Waals surface area contributed by atoms with Gasteiger partial charge in [0.1, 0.15) is 0 Å². The van der Waals surface area contributed by atoms with Gasteiger partial charge in [0.15, 0.2) is 0 Å². The van der Waals surface area contributed by atoms with Crippen molar-refractivity contribution in [2.75, 3.05) is 10.6 Å². The van der Waals surface area contributed by atoms with Gasteiger partial charge in [0.25, 0.3) is 0 Å². The van der Waals surface area contributed by atoms with Gasteiger partial charge in [0.2, 0.25) is 11.8 Å². The summed E-state index contributed by atoms with van der Waals surface area (Å²) < 4.78 is 0. The Morgan fingerprint density at radius 1 is 1.12 bits per heavy atom. The summed E-state index contributed by atoms with van der Waals surface area (Å²) in [6, 6.07) is 12.6. The van der Waals surface area contributed by atoms with Crippen molar-refractivity contribution in [1.82, 2.24) is 0 Å². The van der Waals surface area contributed by atoms with Gasteiger partial charge in [-0.3, -0.25) is 9.59 Å². The highest BCUT2D eigenvalue weighted by molar-refractivity contribution is 8.00. The number of thioether (sulfide) groups is 1. The average Bonchev–Trinajstić information content (AvgIpc) is 3.44. The SMILES string of the molecule is CC(Sc1cccc(NC(=O)C2CC2)c1)C(=O)Nc1cccc(Cl)c1Cl. The Hall–Kier alpha value is -1.69. The standard InChI is InChI=1S/C19H18Cl2N2O2S/c1-11(18(24)23-16-7-3-6-15(20)17(16)21)26-14-5-2-4-13(10-14)22-19(25)12-8-9-12/h2-7,10-12H,8-9H2,1H3,(H,22,25)(H,23,24). The first kappa shape index (κ1) is 19.1. The van der Waals surface area contributed by atoms with Crippen LogP contribution in [0.25, 0.3) is 0 Å². The van der Waals surface area contributed by atoms with Gasteiger partial charge < -0.3 is 10.6 Å². The normalized spacial score (nSPS) is 14.6. The molecule has 0 saturated heterocycles. The molecule has 2 aromatic rings. The Bertz CT molecular complexity index is 840. The van der Waals surface area contributed by atoms with Crippen LogP contribution in [0.2, 0.25) is 10.0 Å². The molecule has 1 unspecified atom stereocenters. The maximum absolute atomic E-state index is 12.4. The van der Waals surface area contributed by atoms with Crippen molar-refractivity contribution in [2.45, 2.75) is 29.9 Å². The summed E-state index contributed by atoms with van der Waals surface area (Å²) in [6.07, 6.45) is 1.92. The lowest BCUT2D eigenvalue weighted by Gasteiger charge is -2.14. The Kier molecular flexibility index (Phi) is 6.12. The number of amides is 2. The topological polar surface area (TPSA) is 58.2 Å².